The van der Waals surface area contributed by atoms with E-state index in [0.29, 0.717) is 12.0 Å². The predicted octanol–water partition coefficient (Wildman–Crippen LogP) is 4.60. The fourth-order valence-corrected chi connectivity index (χ4v) is 4.93. The van der Waals surface area contributed by atoms with E-state index in [4.69, 9.17) is 15.2 Å². The third-order valence-corrected chi connectivity index (χ3v) is 7.51. The van der Waals surface area contributed by atoms with Crippen molar-refractivity contribution in [3.8, 4) is 5.75 Å². The van der Waals surface area contributed by atoms with Crippen molar-refractivity contribution in [2.45, 2.75) is 123 Å². The van der Waals surface area contributed by atoms with Crippen LogP contribution in [0.3, 0.4) is 0 Å². The fourth-order valence-electron chi connectivity index (χ4n) is 4.93. The van der Waals surface area contributed by atoms with E-state index in [2.05, 4.69) is 10.6 Å². The molecular formula is C36H52N4O8. The smallest absolute Gasteiger partial charge is 0.408 e. The Hall–Kier alpha value is -4.61. The number of phenols is 1. The van der Waals surface area contributed by atoms with Crippen molar-refractivity contribution >= 4 is 29.8 Å². The number of amides is 4. The van der Waals surface area contributed by atoms with Gasteiger partial charge in [-0.05, 0) is 79.9 Å². The number of aryl methyl sites for hydroxylation is 1. The van der Waals surface area contributed by atoms with E-state index in [1.54, 1.807) is 106 Å². The standard InChI is InChI=1S/C36H52N4O8/c1-11-36(9,10)40(31(44)25(21-27(37)41)39-33(46)48-35(6,7)8)28(24-19-15-16-22(2)29(24)42)30(43)38-26(32(45)47-34(3,4)5)20-23-17-13-12-14-18-23/h12-19,25-26,28,42H,11,20-21H2,1-10H3,(H2,37,41)(H,38,43)(H,39,46). The van der Waals surface area contributed by atoms with Crippen LogP contribution in [0.4, 0.5) is 4.79 Å². The number of benzene rings is 2. The van der Waals surface area contributed by atoms with Crippen molar-refractivity contribution in [3.63, 3.8) is 0 Å². The van der Waals surface area contributed by atoms with Crippen molar-refractivity contribution in [2.24, 2.45) is 5.73 Å². The summed E-state index contributed by atoms with van der Waals surface area (Å²) in [5.74, 6) is -3.45. The summed E-state index contributed by atoms with van der Waals surface area (Å²) in [5, 5.41) is 16.5. The molecule has 0 saturated carbocycles. The number of esters is 1. The van der Waals surface area contributed by atoms with Crippen molar-refractivity contribution < 1.29 is 38.6 Å². The zero-order chi connectivity index (χ0) is 36.6. The topological polar surface area (TPSA) is 177 Å². The number of hydrogen-bond donors (Lipinski definition) is 4. The van der Waals surface area contributed by atoms with Crippen molar-refractivity contribution in [3.05, 3.63) is 65.2 Å². The van der Waals surface area contributed by atoms with Crippen LogP contribution >= 0.6 is 0 Å². The summed E-state index contributed by atoms with van der Waals surface area (Å²) in [6, 6.07) is 9.56. The number of rotatable bonds is 13. The SMILES string of the molecule is CCC(C)(C)N(C(=O)C(CC(N)=O)NC(=O)OC(C)(C)C)C(C(=O)NC(Cc1ccccc1)C(=O)OC(C)(C)C)c1cccc(C)c1O. The second-order valence-corrected chi connectivity index (χ2v) is 14.4. The number of ether oxygens (including phenoxy) is 2. The number of carbonyl (C=O) groups excluding carboxylic acids is 5. The lowest BCUT2D eigenvalue weighted by Gasteiger charge is -2.45. The van der Waals surface area contributed by atoms with Gasteiger partial charge in [-0.15, -0.1) is 0 Å². The summed E-state index contributed by atoms with van der Waals surface area (Å²) in [4.78, 5) is 69.0. The number of carbonyl (C=O) groups is 5. The first-order valence-electron chi connectivity index (χ1n) is 16.0. The lowest BCUT2D eigenvalue weighted by Crippen LogP contribution is -2.60. The minimum atomic E-state index is -1.54. The van der Waals surface area contributed by atoms with E-state index >= 15 is 0 Å². The van der Waals surface area contributed by atoms with E-state index in [0.717, 1.165) is 5.56 Å². The minimum absolute atomic E-state index is 0.0696. The zero-order valence-corrected chi connectivity index (χ0v) is 29.8. The van der Waals surface area contributed by atoms with Gasteiger partial charge in [0.05, 0.1) is 6.42 Å². The molecule has 2 aromatic carbocycles. The summed E-state index contributed by atoms with van der Waals surface area (Å²) in [7, 11) is 0. The van der Waals surface area contributed by atoms with Crippen LogP contribution in [-0.4, -0.2) is 68.6 Å². The lowest BCUT2D eigenvalue weighted by atomic mass is 9.90. The van der Waals surface area contributed by atoms with Gasteiger partial charge in [-0.2, -0.15) is 0 Å². The summed E-state index contributed by atoms with van der Waals surface area (Å²) in [5.41, 5.74) is 3.87. The van der Waals surface area contributed by atoms with Crippen LogP contribution in [0.15, 0.2) is 48.5 Å². The Kier molecular flexibility index (Phi) is 13.2. The zero-order valence-electron chi connectivity index (χ0n) is 29.8. The van der Waals surface area contributed by atoms with Gasteiger partial charge in [0.1, 0.15) is 35.1 Å². The average Bonchev–Trinajstić information content (AvgIpc) is 2.94. The number of alkyl carbamates (subject to hydrolysis) is 1. The van der Waals surface area contributed by atoms with Crippen molar-refractivity contribution in [1.82, 2.24) is 15.5 Å². The predicted molar refractivity (Wildman–Crippen MR) is 182 cm³/mol. The molecule has 3 atom stereocenters. The maximum absolute atomic E-state index is 14.6. The van der Waals surface area contributed by atoms with Gasteiger partial charge in [0.25, 0.3) is 0 Å². The first kappa shape index (κ1) is 39.6. The third-order valence-electron chi connectivity index (χ3n) is 7.51. The maximum atomic E-state index is 14.6. The van der Waals surface area contributed by atoms with Gasteiger partial charge in [-0.1, -0.05) is 55.5 Å². The molecule has 0 spiro atoms. The first-order valence-corrected chi connectivity index (χ1v) is 16.0. The molecule has 2 aromatic rings. The molecule has 0 heterocycles. The van der Waals surface area contributed by atoms with Gasteiger partial charge >= 0.3 is 12.1 Å². The van der Waals surface area contributed by atoms with Crippen LogP contribution < -0.4 is 16.4 Å². The molecule has 12 nitrogen and oxygen atoms in total. The van der Waals surface area contributed by atoms with Gasteiger partial charge < -0.3 is 35.8 Å². The Morgan fingerprint density at radius 1 is 0.833 bits per heavy atom. The number of nitrogens with one attached hydrogen (secondary N) is 2. The minimum Gasteiger partial charge on any atom is -0.507 e. The van der Waals surface area contributed by atoms with Crippen LogP contribution in [0.1, 0.15) is 97.9 Å². The molecule has 4 amide bonds. The van der Waals surface area contributed by atoms with Crippen molar-refractivity contribution in [2.75, 3.05) is 0 Å². The quantitative estimate of drug-likeness (QED) is 0.224. The highest BCUT2D eigenvalue weighted by molar-refractivity contribution is 5.96. The number of primary amides is 1. The van der Waals surface area contributed by atoms with Gasteiger partial charge in [0.2, 0.25) is 17.7 Å². The van der Waals surface area contributed by atoms with E-state index in [1.807, 2.05) is 6.07 Å². The highest BCUT2D eigenvalue weighted by Gasteiger charge is 2.45. The highest BCUT2D eigenvalue weighted by Crippen LogP contribution is 2.37. The third kappa shape index (κ3) is 11.6. The summed E-state index contributed by atoms with van der Waals surface area (Å²) in [6.45, 7) is 16.9. The van der Waals surface area contributed by atoms with Gasteiger partial charge in [-0.25, -0.2) is 9.59 Å². The molecule has 0 fully saturated rings. The molecule has 0 bridgehead atoms. The molecule has 3 unspecified atom stereocenters. The van der Waals surface area contributed by atoms with Crippen LogP contribution in [0.5, 0.6) is 5.75 Å². The molecule has 5 N–H and O–H groups in total. The van der Waals surface area contributed by atoms with Gasteiger partial charge in [0, 0.05) is 17.5 Å². The normalized spacial score (nSPS) is 13.8. The Morgan fingerprint density at radius 2 is 1.42 bits per heavy atom. The van der Waals surface area contributed by atoms with E-state index < -0.39 is 71.1 Å². The molecule has 0 aliphatic carbocycles. The Morgan fingerprint density at radius 3 is 1.94 bits per heavy atom. The Bertz CT molecular complexity index is 1460. The number of phenolic OH excluding ortho intramolecular Hbond substituents is 1. The second kappa shape index (κ2) is 16.0. The second-order valence-electron chi connectivity index (χ2n) is 14.4. The molecule has 264 valence electrons. The van der Waals surface area contributed by atoms with E-state index in [9.17, 15) is 29.1 Å². The molecule has 12 heteroatoms. The van der Waals surface area contributed by atoms with Crippen LogP contribution in [-0.2, 0) is 35.1 Å². The van der Waals surface area contributed by atoms with E-state index in [1.165, 1.54) is 11.0 Å². The average molecular weight is 669 g/mol. The molecule has 0 radical (unpaired) electrons. The monoisotopic (exact) mass is 668 g/mol. The maximum Gasteiger partial charge on any atom is 0.408 e. The number of nitrogens with zero attached hydrogens (tertiary/aromatic N) is 1. The molecule has 0 aromatic heterocycles. The number of nitrogens with two attached hydrogens (primary N) is 1. The first-order chi connectivity index (χ1) is 22.1. The number of para-hydroxylation sites is 1. The van der Waals surface area contributed by atoms with Gasteiger partial charge in [-0.3, -0.25) is 14.4 Å². The molecule has 0 aliphatic rings. The van der Waals surface area contributed by atoms with Gasteiger partial charge in [0.15, 0.2) is 0 Å². The molecule has 48 heavy (non-hydrogen) atoms. The molecule has 2 rings (SSSR count). The summed E-state index contributed by atoms with van der Waals surface area (Å²) < 4.78 is 11.0. The number of aromatic hydroxyl groups is 1. The van der Waals surface area contributed by atoms with Crippen LogP contribution in [0.2, 0.25) is 0 Å². The Labute approximate surface area is 283 Å². The summed E-state index contributed by atoms with van der Waals surface area (Å²) in [6.07, 6.45) is -1.19. The van der Waals surface area contributed by atoms with Crippen molar-refractivity contribution in [1.29, 1.82) is 0 Å². The van der Waals surface area contributed by atoms with E-state index in [-0.39, 0.29) is 17.7 Å². The summed E-state index contributed by atoms with van der Waals surface area (Å²) >= 11 is 0. The number of hydrogen-bond acceptors (Lipinski definition) is 8. The molecule has 0 aliphatic heterocycles. The molecule has 0 saturated heterocycles. The van der Waals surface area contributed by atoms with Crippen LogP contribution in [0.25, 0.3) is 0 Å². The fraction of sp³-hybridized carbons (Fsp3) is 0.528. The largest absolute Gasteiger partial charge is 0.507 e. The van der Waals surface area contributed by atoms with Crippen LogP contribution in [0, 0.1) is 6.92 Å². The highest BCUT2D eigenvalue weighted by atomic mass is 16.6. The Balaban J connectivity index is 2.77. The lowest BCUT2D eigenvalue weighted by molar-refractivity contribution is -0.159. The molecular weight excluding hydrogens is 616 g/mol.